The fourth-order valence-corrected chi connectivity index (χ4v) is 13.6. The molecule has 5 aliphatic carbocycles. The monoisotopic (exact) mass is 599 g/mol. The second kappa shape index (κ2) is 17.9. The van der Waals surface area contributed by atoms with Crippen molar-refractivity contribution in [3.63, 3.8) is 0 Å². The number of unbranched alkanes of at least 4 members (excludes halogenated alkanes) is 8. The van der Waals surface area contributed by atoms with E-state index < -0.39 is 0 Å². The third-order valence-electron chi connectivity index (χ3n) is 14.1. The van der Waals surface area contributed by atoms with Gasteiger partial charge in [-0.05, 0) is 124 Å². The average Bonchev–Trinajstić information content (AvgIpc) is 3.52. The van der Waals surface area contributed by atoms with E-state index in [1.165, 1.54) is 109 Å². The molecule has 1 heteroatoms. The molecule has 0 nitrogen and oxygen atoms in total. The minimum absolute atomic E-state index is 0.877. The second-order valence-corrected chi connectivity index (χ2v) is 18.5. The maximum atomic E-state index is 2.67. The van der Waals surface area contributed by atoms with Crippen LogP contribution in [-0.4, -0.2) is 10.5 Å². The Bertz CT molecular complexity index is 730. The molecule has 0 aromatic rings. The van der Waals surface area contributed by atoms with Crippen LogP contribution >= 0.6 is 11.8 Å². The smallest absolute Gasteiger partial charge is 0.00780 e. The number of thioether (sulfide) groups is 1. The SMILES string of the molecule is CCCCCCCCCCCC1CCCCC1SC(C)CCCC(C)C1CCC2C3CCCCC3C3CCCC3C2C1. The van der Waals surface area contributed by atoms with Gasteiger partial charge in [-0.2, -0.15) is 11.8 Å². The summed E-state index contributed by atoms with van der Waals surface area (Å²) in [5, 5.41) is 1.85. The first-order chi connectivity index (χ1) is 20.7. The van der Waals surface area contributed by atoms with Crippen LogP contribution in [0.4, 0.5) is 0 Å². The van der Waals surface area contributed by atoms with Crippen molar-refractivity contribution in [3.05, 3.63) is 0 Å². The summed E-state index contributed by atoms with van der Waals surface area (Å²) in [6.45, 7) is 7.59. The Kier molecular flexibility index (Phi) is 14.4. The molecule has 0 radical (unpaired) electrons. The van der Waals surface area contributed by atoms with Crippen LogP contribution in [-0.2, 0) is 0 Å². The molecular weight excluding hydrogens is 525 g/mol. The summed E-state index contributed by atoms with van der Waals surface area (Å²) in [7, 11) is 0. The van der Waals surface area contributed by atoms with Gasteiger partial charge in [-0.1, -0.05) is 124 Å². The van der Waals surface area contributed by atoms with E-state index in [-0.39, 0.29) is 0 Å². The van der Waals surface area contributed by atoms with E-state index in [1.54, 1.807) is 64.2 Å². The second-order valence-electron chi connectivity index (χ2n) is 16.8. The van der Waals surface area contributed by atoms with Gasteiger partial charge in [0.1, 0.15) is 0 Å². The molecule has 244 valence electrons. The van der Waals surface area contributed by atoms with Gasteiger partial charge in [0, 0.05) is 10.5 Å². The Morgan fingerprint density at radius 2 is 1.10 bits per heavy atom. The van der Waals surface area contributed by atoms with E-state index in [4.69, 9.17) is 0 Å². The van der Waals surface area contributed by atoms with Crippen molar-refractivity contribution in [2.75, 3.05) is 0 Å². The van der Waals surface area contributed by atoms with Gasteiger partial charge in [0.25, 0.3) is 0 Å². The Hall–Kier alpha value is 0.350. The van der Waals surface area contributed by atoms with Crippen LogP contribution < -0.4 is 0 Å². The molecule has 0 aromatic heterocycles. The first-order valence-corrected chi connectivity index (χ1v) is 21.2. The zero-order valence-electron chi connectivity index (χ0n) is 28.9. The Morgan fingerprint density at radius 3 is 1.81 bits per heavy atom. The highest BCUT2D eigenvalue weighted by molar-refractivity contribution is 8.00. The average molecular weight is 599 g/mol. The number of fused-ring (bicyclic) bond motifs is 6. The predicted molar refractivity (Wildman–Crippen MR) is 188 cm³/mol. The van der Waals surface area contributed by atoms with Gasteiger partial charge in [0.2, 0.25) is 0 Å². The fraction of sp³-hybridized carbons (Fsp3) is 1.00. The van der Waals surface area contributed by atoms with E-state index in [9.17, 15) is 0 Å². The molecule has 0 N–H and O–H groups in total. The zero-order valence-corrected chi connectivity index (χ0v) is 29.7. The molecular formula is C41H74S. The zero-order chi connectivity index (χ0) is 29.1. The minimum Gasteiger partial charge on any atom is -0.155 e. The molecule has 5 aliphatic rings. The van der Waals surface area contributed by atoms with Crippen molar-refractivity contribution in [1.82, 2.24) is 0 Å². The standard InChI is InChI=1S/C41H74S/c1-4-5-6-7-8-9-10-11-12-21-33-22-13-16-27-41(33)42-32(3)20-17-19-31(2)34-28-29-39-36-24-15-14-23-35(36)37-25-18-26-38(37)40(39)30-34/h31-41H,4-30H2,1-3H3. The molecule has 5 rings (SSSR count). The van der Waals surface area contributed by atoms with E-state index >= 15 is 0 Å². The maximum absolute atomic E-state index is 2.67. The van der Waals surface area contributed by atoms with Gasteiger partial charge >= 0.3 is 0 Å². The summed E-state index contributed by atoms with van der Waals surface area (Å²) < 4.78 is 0. The molecule has 42 heavy (non-hydrogen) atoms. The quantitative estimate of drug-likeness (QED) is 0.150. The molecule has 11 atom stereocenters. The predicted octanol–water partition coefficient (Wildman–Crippen LogP) is 13.7. The molecule has 0 saturated heterocycles. The third kappa shape index (κ3) is 9.21. The number of hydrogen-bond acceptors (Lipinski definition) is 1. The Balaban J connectivity index is 0.979. The molecule has 5 fully saturated rings. The third-order valence-corrected chi connectivity index (χ3v) is 15.8. The van der Waals surface area contributed by atoms with Crippen LogP contribution in [0.25, 0.3) is 0 Å². The lowest BCUT2D eigenvalue weighted by molar-refractivity contribution is -0.0654. The first-order valence-electron chi connectivity index (χ1n) is 20.3. The lowest BCUT2D eigenvalue weighted by atomic mass is 9.50. The molecule has 5 saturated carbocycles. The number of hydrogen-bond donors (Lipinski definition) is 0. The summed E-state index contributed by atoms with van der Waals surface area (Å²) in [4.78, 5) is 0. The van der Waals surface area contributed by atoms with Gasteiger partial charge in [0.15, 0.2) is 0 Å². The van der Waals surface area contributed by atoms with Crippen molar-refractivity contribution in [3.8, 4) is 0 Å². The summed E-state index contributed by atoms with van der Waals surface area (Å²) in [6, 6.07) is 0. The van der Waals surface area contributed by atoms with Crippen molar-refractivity contribution < 1.29 is 0 Å². The number of rotatable bonds is 17. The fourth-order valence-electron chi connectivity index (χ4n) is 11.9. The molecule has 0 aliphatic heterocycles. The van der Waals surface area contributed by atoms with Crippen molar-refractivity contribution >= 4 is 11.8 Å². The maximum Gasteiger partial charge on any atom is 0.00780 e. The van der Waals surface area contributed by atoms with Crippen LogP contribution in [0.5, 0.6) is 0 Å². The van der Waals surface area contributed by atoms with Crippen LogP contribution in [0.3, 0.4) is 0 Å². The van der Waals surface area contributed by atoms with Gasteiger partial charge in [-0.25, -0.2) is 0 Å². The highest BCUT2D eigenvalue weighted by Crippen LogP contribution is 2.61. The lowest BCUT2D eigenvalue weighted by Crippen LogP contribution is -2.48. The summed E-state index contributed by atoms with van der Waals surface area (Å²) in [5.41, 5.74) is 0. The van der Waals surface area contributed by atoms with Gasteiger partial charge < -0.3 is 0 Å². The molecule has 0 amide bonds. The molecule has 0 spiro atoms. The van der Waals surface area contributed by atoms with E-state index in [0.29, 0.717) is 0 Å². The van der Waals surface area contributed by atoms with E-state index in [2.05, 4.69) is 32.5 Å². The van der Waals surface area contributed by atoms with E-state index in [1.807, 2.05) is 0 Å². The summed E-state index contributed by atoms with van der Waals surface area (Å²) in [5.74, 6) is 9.89. The molecule has 0 bridgehead atoms. The Labute approximate surface area is 268 Å². The minimum atomic E-state index is 0.877. The molecule has 11 unspecified atom stereocenters. The lowest BCUT2D eigenvalue weighted by Gasteiger charge is -2.55. The summed E-state index contributed by atoms with van der Waals surface area (Å²) in [6.07, 6.45) is 41.2. The van der Waals surface area contributed by atoms with Crippen molar-refractivity contribution in [2.24, 2.45) is 53.3 Å². The largest absolute Gasteiger partial charge is 0.155 e. The van der Waals surface area contributed by atoms with Crippen molar-refractivity contribution in [2.45, 2.75) is 205 Å². The Morgan fingerprint density at radius 1 is 0.524 bits per heavy atom. The van der Waals surface area contributed by atoms with Gasteiger partial charge in [-0.3, -0.25) is 0 Å². The highest BCUT2D eigenvalue weighted by Gasteiger charge is 2.53. The highest BCUT2D eigenvalue weighted by atomic mass is 32.2. The first kappa shape index (κ1) is 33.7. The van der Waals surface area contributed by atoms with Crippen molar-refractivity contribution in [1.29, 1.82) is 0 Å². The normalized spacial score (nSPS) is 37.9. The van der Waals surface area contributed by atoms with Crippen LogP contribution in [0.15, 0.2) is 0 Å². The topological polar surface area (TPSA) is 0 Å². The van der Waals surface area contributed by atoms with Crippen LogP contribution in [0.1, 0.15) is 194 Å². The van der Waals surface area contributed by atoms with E-state index in [0.717, 1.165) is 63.8 Å². The van der Waals surface area contributed by atoms with Gasteiger partial charge in [0.05, 0.1) is 0 Å². The molecule has 0 aromatic carbocycles. The summed E-state index contributed by atoms with van der Waals surface area (Å²) >= 11 is 2.43. The van der Waals surface area contributed by atoms with Crippen LogP contribution in [0.2, 0.25) is 0 Å². The molecule has 0 heterocycles. The van der Waals surface area contributed by atoms with Crippen LogP contribution in [0, 0.1) is 53.3 Å². The van der Waals surface area contributed by atoms with Gasteiger partial charge in [-0.15, -0.1) is 0 Å².